The van der Waals surface area contributed by atoms with Crippen LogP contribution in [-0.4, -0.2) is 76.6 Å². The molecule has 0 aliphatic carbocycles. The molecule has 2 saturated heterocycles. The maximum Gasteiger partial charge on any atom is 0.175 e. The minimum atomic E-state index is 0.190. The van der Waals surface area contributed by atoms with Gasteiger partial charge < -0.3 is 25.0 Å². The molecule has 1 unspecified atom stereocenters. The van der Waals surface area contributed by atoms with E-state index in [4.69, 9.17) is 9.84 Å². The van der Waals surface area contributed by atoms with Crippen molar-refractivity contribution in [2.75, 3.05) is 43.2 Å². The third-order valence-electron chi connectivity index (χ3n) is 7.31. The van der Waals surface area contributed by atoms with Crippen molar-refractivity contribution < 1.29 is 9.84 Å². The molecular weight excluding hydrogens is 430 g/mol. The van der Waals surface area contributed by atoms with Crippen LogP contribution in [0.4, 0.5) is 11.5 Å². The van der Waals surface area contributed by atoms with E-state index in [1.807, 2.05) is 25.4 Å². The summed E-state index contributed by atoms with van der Waals surface area (Å²) in [5.41, 5.74) is 4.31. The topological polar surface area (TPSA) is 91.6 Å². The van der Waals surface area contributed by atoms with Crippen LogP contribution in [0.1, 0.15) is 19.3 Å². The molecule has 2 bridgehead atoms. The second-order valence-electron chi connectivity index (χ2n) is 9.76. The third-order valence-corrected chi connectivity index (χ3v) is 7.31. The van der Waals surface area contributed by atoms with Gasteiger partial charge in [0.1, 0.15) is 5.75 Å². The van der Waals surface area contributed by atoms with Gasteiger partial charge in [0.05, 0.1) is 30.8 Å². The van der Waals surface area contributed by atoms with Crippen LogP contribution in [0.5, 0.6) is 5.75 Å². The number of fused-ring (bicyclic) bond motifs is 3. The predicted molar refractivity (Wildman–Crippen MR) is 131 cm³/mol. The Labute approximate surface area is 199 Å². The Morgan fingerprint density at radius 1 is 1.03 bits per heavy atom. The van der Waals surface area contributed by atoms with Gasteiger partial charge in [-0.25, -0.2) is 0 Å². The molecule has 3 aliphatic rings. The molecule has 2 N–H and O–H groups in total. The number of aryl methyl sites for hydroxylation is 1. The van der Waals surface area contributed by atoms with E-state index in [-0.39, 0.29) is 5.75 Å². The molecule has 0 amide bonds. The maximum absolute atomic E-state index is 10.8. The molecule has 1 aromatic carbocycles. The number of hydrogen-bond acceptors (Lipinski definition) is 8. The number of aromatic hydroxyl groups is 1. The molecule has 3 aliphatic heterocycles. The average Bonchev–Trinajstić information content (AvgIpc) is 3.20. The number of morpholine rings is 1. The summed E-state index contributed by atoms with van der Waals surface area (Å²) in [7, 11) is 4.00. The highest BCUT2D eigenvalue weighted by Gasteiger charge is 2.37. The monoisotopic (exact) mass is 461 g/mol. The van der Waals surface area contributed by atoms with Crippen LogP contribution in [0.2, 0.25) is 0 Å². The van der Waals surface area contributed by atoms with E-state index in [1.165, 1.54) is 0 Å². The molecule has 2 aromatic heterocycles. The lowest BCUT2D eigenvalue weighted by Gasteiger charge is -2.44. The molecule has 34 heavy (non-hydrogen) atoms. The van der Waals surface area contributed by atoms with Crippen molar-refractivity contribution in [3.05, 3.63) is 36.7 Å². The number of anilines is 2. The number of rotatable bonds is 3. The summed E-state index contributed by atoms with van der Waals surface area (Å²) >= 11 is 0. The summed E-state index contributed by atoms with van der Waals surface area (Å²) in [5.74, 6) is 1.14. The minimum absolute atomic E-state index is 0.190. The fraction of sp³-hybridized carbons (Fsp3) is 0.480. The quantitative estimate of drug-likeness (QED) is 0.615. The van der Waals surface area contributed by atoms with Crippen LogP contribution >= 0.6 is 0 Å². The molecule has 3 aromatic rings. The molecule has 5 heterocycles. The number of hydrogen-bond donors (Lipinski definition) is 2. The summed E-state index contributed by atoms with van der Waals surface area (Å²) in [6, 6.07) is 8.99. The number of nitrogens with one attached hydrogen (secondary N) is 1. The van der Waals surface area contributed by atoms with Crippen LogP contribution in [0.25, 0.3) is 22.4 Å². The lowest BCUT2D eigenvalue weighted by atomic mass is 9.91. The molecule has 3 atom stereocenters. The van der Waals surface area contributed by atoms with Crippen LogP contribution in [0, 0.1) is 0 Å². The second kappa shape index (κ2) is 8.56. The third kappa shape index (κ3) is 3.88. The number of piperidine rings is 1. The highest BCUT2D eigenvalue weighted by molar-refractivity contribution is 5.78. The molecule has 0 saturated carbocycles. The van der Waals surface area contributed by atoms with Crippen LogP contribution in [0.15, 0.2) is 36.7 Å². The standard InChI is InChI=1S/C25H31N7O2/c1-30-6-3-7-32(20-9-18-14-34-15-19(10-20)27-18)25-23(30)11-22(28-29-25)21-5-4-16(8-24(21)33)17-12-26-31(2)13-17/h4-5,8,11-13,18-20,27,33H,3,6-7,9-10,14-15H2,1-2H3/t18-,19+,20?. The summed E-state index contributed by atoms with van der Waals surface area (Å²) < 4.78 is 7.50. The first-order valence-corrected chi connectivity index (χ1v) is 12.1. The van der Waals surface area contributed by atoms with Crippen molar-refractivity contribution in [2.45, 2.75) is 37.4 Å². The van der Waals surface area contributed by atoms with Gasteiger partial charge in [-0.1, -0.05) is 6.07 Å². The van der Waals surface area contributed by atoms with E-state index < -0.39 is 0 Å². The molecule has 9 heteroatoms. The summed E-state index contributed by atoms with van der Waals surface area (Å²) in [4.78, 5) is 4.73. The van der Waals surface area contributed by atoms with E-state index in [0.717, 1.165) is 68.2 Å². The predicted octanol–water partition coefficient (Wildman–Crippen LogP) is 2.42. The Hall–Kier alpha value is -3.17. The first-order valence-electron chi connectivity index (χ1n) is 12.1. The zero-order chi connectivity index (χ0) is 23.2. The Morgan fingerprint density at radius 2 is 1.85 bits per heavy atom. The van der Waals surface area contributed by atoms with Gasteiger partial charge in [-0.2, -0.15) is 5.10 Å². The van der Waals surface area contributed by atoms with E-state index in [9.17, 15) is 5.11 Å². The van der Waals surface area contributed by atoms with E-state index in [2.05, 4.69) is 38.4 Å². The van der Waals surface area contributed by atoms with E-state index in [0.29, 0.717) is 29.4 Å². The smallest absolute Gasteiger partial charge is 0.175 e. The van der Waals surface area contributed by atoms with Gasteiger partial charge >= 0.3 is 0 Å². The lowest BCUT2D eigenvalue weighted by molar-refractivity contribution is 0.0178. The number of ether oxygens (including phenoxy) is 1. The number of nitrogens with zero attached hydrogens (tertiary/aromatic N) is 6. The molecule has 9 nitrogen and oxygen atoms in total. The molecule has 178 valence electrons. The molecule has 0 radical (unpaired) electrons. The number of aromatic nitrogens is 4. The van der Waals surface area contributed by atoms with Gasteiger partial charge in [0.2, 0.25) is 0 Å². The summed E-state index contributed by atoms with van der Waals surface area (Å²) in [6.45, 7) is 3.50. The highest BCUT2D eigenvalue weighted by Crippen LogP contribution is 2.38. The summed E-state index contributed by atoms with van der Waals surface area (Å²) in [5, 5.41) is 28.1. The van der Waals surface area contributed by atoms with Gasteiger partial charge in [-0.15, -0.1) is 10.2 Å². The maximum atomic E-state index is 10.8. The van der Waals surface area contributed by atoms with Gasteiger partial charge in [-0.3, -0.25) is 4.68 Å². The minimum Gasteiger partial charge on any atom is -0.507 e. The second-order valence-corrected chi connectivity index (χ2v) is 9.76. The zero-order valence-electron chi connectivity index (χ0n) is 19.7. The van der Waals surface area contributed by atoms with Crippen LogP contribution < -0.4 is 15.1 Å². The number of benzene rings is 1. The van der Waals surface area contributed by atoms with Crippen molar-refractivity contribution >= 4 is 11.5 Å². The van der Waals surface area contributed by atoms with Gasteiger partial charge in [0.15, 0.2) is 5.82 Å². The fourth-order valence-electron chi connectivity index (χ4n) is 5.61. The lowest BCUT2D eigenvalue weighted by Crippen LogP contribution is -2.59. The first kappa shape index (κ1) is 21.4. The van der Waals surface area contributed by atoms with Crippen molar-refractivity contribution in [1.82, 2.24) is 25.3 Å². The van der Waals surface area contributed by atoms with Crippen molar-refractivity contribution in [2.24, 2.45) is 7.05 Å². The Kier molecular flexibility index (Phi) is 5.38. The first-order chi connectivity index (χ1) is 16.5. The fourth-order valence-corrected chi connectivity index (χ4v) is 5.61. The Morgan fingerprint density at radius 3 is 2.59 bits per heavy atom. The highest BCUT2D eigenvalue weighted by atomic mass is 16.5. The Balaban J connectivity index is 1.33. The van der Waals surface area contributed by atoms with E-state index in [1.54, 1.807) is 16.9 Å². The van der Waals surface area contributed by atoms with Crippen molar-refractivity contribution in [3.63, 3.8) is 0 Å². The van der Waals surface area contributed by atoms with Crippen LogP contribution in [-0.2, 0) is 11.8 Å². The van der Waals surface area contributed by atoms with Crippen molar-refractivity contribution in [3.8, 4) is 28.1 Å². The average molecular weight is 462 g/mol. The van der Waals surface area contributed by atoms with Crippen molar-refractivity contribution in [1.29, 1.82) is 0 Å². The molecule has 0 spiro atoms. The van der Waals surface area contributed by atoms with Gasteiger partial charge in [-0.05, 0) is 43.0 Å². The zero-order valence-corrected chi connectivity index (χ0v) is 19.7. The van der Waals surface area contributed by atoms with E-state index >= 15 is 0 Å². The van der Waals surface area contributed by atoms with Gasteiger partial charge in [0, 0.05) is 62.6 Å². The largest absolute Gasteiger partial charge is 0.507 e. The Bertz CT molecular complexity index is 1180. The molecule has 2 fully saturated rings. The number of phenols is 1. The molecular formula is C25H31N7O2. The van der Waals surface area contributed by atoms with Crippen LogP contribution in [0.3, 0.4) is 0 Å². The SMILES string of the molecule is CN1CCCN(C2C[C@H]3COC[C@@H](C2)N3)c2nnc(-c3ccc(-c4cnn(C)c4)cc3O)cc21. The normalized spacial score (nSPS) is 24.6. The number of phenolic OH excluding ortho intramolecular Hbond substituents is 1. The summed E-state index contributed by atoms with van der Waals surface area (Å²) in [6.07, 6.45) is 6.91. The van der Waals surface area contributed by atoms with Gasteiger partial charge in [0.25, 0.3) is 0 Å². The molecule has 6 rings (SSSR count).